The van der Waals surface area contributed by atoms with Gasteiger partial charge in [0.2, 0.25) is 10.0 Å². The number of nitro benzene ring substituents is 1. The van der Waals surface area contributed by atoms with Gasteiger partial charge in [0.25, 0.3) is 5.69 Å². The first kappa shape index (κ1) is 21.8. The van der Waals surface area contributed by atoms with E-state index in [0.717, 1.165) is 37.3 Å². The van der Waals surface area contributed by atoms with Crippen molar-refractivity contribution in [2.45, 2.75) is 24.3 Å². The Hall–Kier alpha value is -3.02. The van der Waals surface area contributed by atoms with Crippen LogP contribution in [0, 0.1) is 10.1 Å². The first-order valence-electron chi connectivity index (χ1n) is 11.1. The van der Waals surface area contributed by atoms with Crippen molar-refractivity contribution in [3.63, 3.8) is 0 Å². The molecule has 10 nitrogen and oxygen atoms in total. The minimum atomic E-state index is -3.70. The highest BCUT2D eigenvalue weighted by atomic mass is 32.2. The summed E-state index contributed by atoms with van der Waals surface area (Å²) in [5, 5.41) is 11.8. The Morgan fingerprint density at radius 3 is 2.45 bits per heavy atom. The fourth-order valence-corrected chi connectivity index (χ4v) is 6.13. The fourth-order valence-electron chi connectivity index (χ4n) is 4.59. The third-order valence-corrected chi connectivity index (χ3v) is 8.25. The largest absolute Gasteiger partial charge is 0.363 e. The summed E-state index contributed by atoms with van der Waals surface area (Å²) in [5.74, 6) is 0. The van der Waals surface area contributed by atoms with E-state index in [9.17, 15) is 18.5 Å². The van der Waals surface area contributed by atoms with Gasteiger partial charge in [0, 0.05) is 64.3 Å². The van der Waals surface area contributed by atoms with Gasteiger partial charge in [-0.3, -0.25) is 15.0 Å². The fraction of sp³-hybridized carbons (Fsp3) is 0.409. The van der Waals surface area contributed by atoms with E-state index in [1.807, 2.05) is 39.9 Å². The smallest absolute Gasteiger partial charge is 0.293 e. The van der Waals surface area contributed by atoms with E-state index >= 15 is 0 Å². The number of aromatic nitrogens is 2. The van der Waals surface area contributed by atoms with Crippen LogP contribution in [0.3, 0.4) is 0 Å². The van der Waals surface area contributed by atoms with E-state index in [0.29, 0.717) is 38.4 Å². The molecule has 4 heterocycles. The zero-order valence-electron chi connectivity index (χ0n) is 18.2. The van der Waals surface area contributed by atoms with Crippen molar-refractivity contribution in [1.29, 1.82) is 0 Å². The summed E-state index contributed by atoms with van der Waals surface area (Å²) in [6.45, 7) is 4.35. The Morgan fingerprint density at radius 2 is 1.76 bits per heavy atom. The first-order chi connectivity index (χ1) is 15.9. The predicted molar refractivity (Wildman–Crippen MR) is 124 cm³/mol. The number of fused-ring (bicyclic) bond motifs is 1. The molecule has 1 aromatic carbocycles. The molecule has 2 saturated heterocycles. The van der Waals surface area contributed by atoms with E-state index in [4.69, 9.17) is 0 Å². The molecule has 0 aliphatic carbocycles. The molecule has 2 fully saturated rings. The minimum absolute atomic E-state index is 0.00895. The normalized spacial score (nSPS) is 18.2. The van der Waals surface area contributed by atoms with Crippen molar-refractivity contribution < 1.29 is 13.3 Å². The number of anilines is 1. The second kappa shape index (κ2) is 8.73. The van der Waals surface area contributed by atoms with Crippen LogP contribution in [0.1, 0.15) is 18.5 Å². The molecular formula is C22H26N6O4S. The van der Waals surface area contributed by atoms with E-state index in [1.54, 1.807) is 6.07 Å². The number of hydrogen-bond donors (Lipinski definition) is 0. The van der Waals surface area contributed by atoms with Gasteiger partial charge in [-0.2, -0.15) is 4.31 Å². The summed E-state index contributed by atoms with van der Waals surface area (Å²) < 4.78 is 29.1. The second-order valence-electron chi connectivity index (χ2n) is 8.48. The molecule has 0 radical (unpaired) electrons. The summed E-state index contributed by atoms with van der Waals surface area (Å²) in [4.78, 5) is 20.2. The molecule has 11 heteroatoms. The van der Waals surface area contributed by atoms with Crippen molar-refractivity contribution in [2.24, 2.45) is 0 Å². The van der Waals surface area contributed by atoms with Crippen molar-refractivity contribution in [1.82, 2.24) is 18.6 Å². The monoisotopic (exact) mass is 470 g/mol. The molecule has 0 atom stereocenters. The van der Waals surface area contributed by atoms with Gasteiger partial charge in [-0.25, -0.2) is 13.4 Å². The lowest BCUT2D eigenvalue weighted by atomic mass is 10.2. The Balaban J connectivity index is 1.30. The summed E-state index contributed by atoms with van der Waals surface area (Å²) in [7, 11) is -3.70. The molecule has 0 saturated carbocycles. The first-order valence-corrected chi connectivity index (χ1v) is 12.5. The zero-order valence-corrected chi connectivity index (χ0v) is 19.0. The highest BCUT2D eigenvalue weighted by molar-refractivity contribution is 7.89. The molecule has 2 aliphatic heterocycles. The van der Waals surface area contributed by atoms with Crippen LogP contribution < -0.4 is 4.90 Å². The molecule has 0 unspecified atom stereocenters. The SMILES string of the molecule is O=[N+]([O-])c1cc(S(=O)(=O)N2CCCC2)ccc1N1CCN(Cc2cn3ccccc3n2)CC1. The van der Waals surface area contributed by atoms with Crippen LogP contribution in [-0.2, 0) is 16.6 Å². The number of hydrogen-bond acceptors (Lipinski definition) is 7. The number of rotatable bonds is 6. The average molecular weight is 471 g/mol. The minimum Gasteiger partial charge on any atom is -0.363 e. The molecular weight excluding hydrogens is 444 g/mol. The van der Waals surface area contributed by atoms with Crippen molar-refractivity contribution in [3.05, 3.63) is 64.6 Å². The van der Waals surface area contributed by atoms with Crippen molar-refractivity contribution in [3.8, 4) is 0 Å². The maximum Gasteiger partial charge on any atom is 0.293 e. The number of sulfonamides is 1. The van der Waals surface area contributed by atoms with Crippen LogP contribution in [0.25, 0.3) is 5.65 Å². The van der Waals surface area contributed by atoms with E-state index in [2.05, 4.69) is 9.88 Å². The lowest BCUT2D eigenvalue weighted by Gasteiger charge is -2.35. The van der Waals surface area contributed by atoms with Gasteiger partial charge in [-0.15, -0.1) is 0 Å². The maximum atomic E-state index is 12.9. The van der Waals surface area contributed by atoms with Crippen LogP contribution in [0.4, 0.5) is 11.4 Å². The Bertz CT molecular complexity index is 1240. The number of benzene rings is 1. The van der Waals surface area contributed by atoms with Crippen LogP contribution in [0.5, 0.6) is 0 Å². The highest BCUT2D eigenvalue weighted by Crippen LogP contribution is 2.33. The van der Waals surface area contributed by atoms with Gasteiger partial charge in [0.15, 0.2) is 0 Å². The van der Waals surface area contributed by atoms with Gasteiger partial charge in [0.1, 0.15) is 11.3 Å². The number of nitro groups is 1. The Labute approximate surface area is 192 Å². The number of imidazole rings is 1. The zero-order chi connectivity index (χ0) is 23.0. The average Bonchev–Trinajstić information content (AvgIpc) is 3.49. The van der Waals surface area contributed by atoms with E-state index in [-0.39, 0.29) is 10.6 Å². The third kappa shape index (κ3) is 4.31. The van der Waals surface area contributed by atoms with Gasteiger partial charge in [-0.05, 0) is 37.1 Å². The third-order valence-electron chi connectivity index (χ3n) is 6.36. The van der Waals surface area contributed by atoms with Crippen LogP contribution in [-0.4, -0.2) is 71.2 Å². The van der Waals surface area contributed by atoms with Crippen LogP contribution >= 0.6 is 0 Å². The lowest BCUT2D eigenvalue weighted by Crippen LogP contribution is -2.46. The molecule has 2 aromatic heterocycles. The molecule has 0 amide bonds. The summed E-state index contributed by atoms with van der Waals surface area (Å²) in [6, 6.07) is 10.2. The predicted octanol–water partition coefficient (Wildman–Crippen LogP) is 2.35. The van der Waals surface area contributed by atoms with Crippen LogP contribution in [0.2, 0.25) is 0 Å². The highest BCUT2D eigenvalue weighted by Gasteiger charge is 2.31. The molecule has 3 aromatic rings. The van der Waals surface area contributed by atoms with Gasteiger partial charge in [0.05, 0.1) is 15.5 Å². The maximum absolute atomic E-state index is 12.9. The molecule has 5 rings (SSSR count). The van der Waals surface area contributed by atoms with E-state index in [1.165, 1.54) is 16.4 Å². The van der Waals surface area contributed by atoms with Gasteiger partial charge >= 0.3 is 0 Å². The lowest BCUT2D eigenvalue weighted by molar-refractivity contribution is -0.384. The van der Waals surface area contributed by atoms with Gasteiger partial charge in [-0.1, -0.05) is 6.07 Å². The summed E-state index contributed by atoms with van der Waals surface area (Å²) >= 11 is 0. The number of piperazine rings is 1. The van der Waals surface area contributed by atoms with Crippen molar-refractivity contribution in [2.75, 3.05) is 44.2 Å². The standard InChI is InChI=1S/C22H26N6O4S/c29-28(30)21-15-19(33(31,32)27-9-3-4-10-27)6-7-20(21)25-13-11-24(12-14-25)16-18-17-26-8-2-1-5-22(26)23-18/h1-2,5-8,15,17H,3-4,9-14,16H2. The summed E-state index contributed by atoms with van der Waals surface area (Å²) in [6.07, 6.45) is 5.62. The number of pyridine rings is 1. The summed E-state index contributed by atoms with van der Waals surface area (Å²) in [5.41, 5.74) is 2.19. The topological polar surface area (TPSA) is 104 Å². The molecule has 0 bridgehead atoms. The second-order valence-corrected chi connectivity index (χ2v) is 10.4. The van der Waals surface area contributed by atoms with E-state index < -0.39 is 14.9 Å². The molecule has 174 valence electrons. The Morgan fingerprint density at radius 1 is 1.00 bits per heavy atom. The van der Waals surface area contributed by atoms with Crippen molar-refractivity contribution >= 4 is 27.0 Å². The van der Waals surface area contributed by atoms with Gasteiger partial charge < -0.3 is 9.30 Å². The van der Waals surface area contributed by atoms with Crippen LogP contribution in [0.15, 0.2) is 53.7 Å². The number of nitrogens with zero attached hydrogens (tertiary/aromatic N) is 6. The molecule has 0 spiro atoms. The molecule has 33 heavy (non-hydrogen) atoms. The molecule has 0 N–H and O–H groups in total. The quantitative estimate of drug-likeness (QED) is 0.402. The molecule has 2 aliphatic rings. The Kier molecular flexibility index (Phi) is 5.77.